The molecule has 2 unspecified atom stereocenters. The molecule has 1 rings (SSSR count). The largest absolute Gasteiger partial charge is 0.380 e. The van der Waals surface area contributed by atoms with Gasteiger partial charge in [-0.3, -0.25) is 0 Å². The lowest BCUT2D eigenvalue weighted by molar-refractivity contribution is 0.00147. The topological polar surface area (TPSA) is 49.9 Å². The molecule has 0 saturated carbocycles. The number of hydrogen-bond donors (Lipinski definition) is 0. The summed E-state index contributed by atoms with van der Waals surface area (Å²) in [5.41, 5.74) is 0. The third-order valence-electron chi connectivity index (χ3n) is 2.94. The minimum atomic E-state index is -3.14. The lowest BCUT2D eigenvalue weighted by atomic mass is 10.0. The molecule has 0 bridgehead atoms. The molecule has 0 spiro atoms. The van der Waals surface area contributed by atoms with Crippen molar-refractivity contribution in [1.82, 2.24) is 9.21 Å². The van der Waals surface area contributed by atoms with E-state index in [1.165, 1.54) is 10.6 Å². The highest BCUT2D eigenvalue weighted by molar-refractivity contribution is 7.88. The van der Waals surface area contributed by atoms with E-state index in [1.807, 2.05) is 14.1 Å². The van der Waals surface area contributed by atoms with Gasteiger partial charge in [-0.2, -0.15) is 4.31 Å². The van der Waals surface area contributed by atoms with E-state index < -0.39 is 10.0 Å². The predicted molar refractivity (Wildman–Crippen MR) is 59.3 cm³/mol. The van der Waals surface area contributed by atoms with Crippen LogP contribution in [0.15, 0.2) is 0 Å². The normalized spacial score (nSPS) is 28.7. The van der Waals surface area contributed by atoms with Crippen LogP contribution in [0.2, 0.25) is 0 Å². The van der Waals surface area contributed by atoms with Gasteiger partial charge < -0.3 is 9.64 Å². The molecule has 5 nitrogen and oxygen atoms in total. The second-order valence-electron chi connectivity index (χ2n) is 4.24. The molecule has 0 aromatic rings. The van der Waals surface area contributed by atoms with Gasteiger partial charge in [0.1, 0.15) is 0 Å². The Labute approximate surface area is 92.0 Å². The minimum Gasteiger partial charge on any atom is -0.380 e. The second-order valence-corrected chi connectivity index (χ2v) is 6.28. The maximum absolute atomic E-state index is 11.5. The first-order valence-corrected chi connectivity index (χ1v) is 6.86. The van der Waals surface area contributed by atoms with Crippen molar-refractivity contribution in [2.24, 2.45) is 0 Å². The molecule has 1 aliphatic rings. The highest BCUT2D eigenvalue weighted by atomic mass is 32.2. The van der Waals surface area contributed by atoms with E-state index >= 15 is 0 Å². The third kappa shape index (κ3) is 3.14. The fourth-order valence-electron chi connectivity index (χ4n) is 1.91. The van der Waals surface area contributed by atoms with Gasteiger partial charge in [0, 0.05) is 19.7 Å². The van der Waals surface area contributed by atoms with Gasteiger partial charge in [0.2, 0.25) is 10.0 Å². The summed E-state index contributed by atoms with van der Waals surface area (Å²) in [5, 5.41) is 0. The zero-order chi connectivity index (χ0) is 11.6. The zero-order valence-electron chi connectivity index (χ0n) is 9.80. The van der Waals surface area contributed by atoms with Crippen molar-refractivity contribution in [3.05, 3.63) is 0 Å². The van der Waals surface area contributed by atoms with Crippen molar-refractivity contribution in [1.29, 1.82) is 0 Å². The molecule has 0 aliphatic carbocycles. The van der Waals surface area contributed by atoms with Crippen LogP contribution in [0.3, 0.4) is 0 Å². The van der Waals surface area contributed by atoms with Gasteiger partial charge in [0.25, 0.3) is 0 Å². The number of sulfonamides is 1. The Hall–Kier alpha value is -0.170. The number of likely N-dealkylation sites (N-methyl/N-ethyl adjacent to an activating group) is 2. The summed E-state index contributed by atoms with van der Waals surface area (Å²) < 4.78 is 29.7. The Balaban J connectivity index is 2.81. The van der Waals surface area contributed by atoms with E-state index in [9.17, 15) is 8.42 Å². The summed E-state index contributed by atoms with van der Waals surface area (Å²) in [6, 6.07) is 0.155. The Morgan fingerprint density at radius 3 is 2.27 bits per heavy atom. The average Bonchev–Trinajstić information content (AvgIpc) is 2.15. The third-order valence-corrected chi connectivity index (χ3v) is 4.26. The highest BCUT2D eigenvalue weighted by Crippen LogP contribution is 2.18. The first kappa shape index (κ1) is 12.9. The van der Waals surface area contributed by atoms with Crippen LogP contribution in [0, 0.1) is 0 Å². The quantitative estimate of drug-likeness (QED) is 0.669. The van der Waals surface area contributed by atoms with Crippen molar-refractivity contribution in [2.75, 3.05) is 40.6 Å². The summed E-state index contributed by atoms with van der Waals surface area (Å²) in [5.74, 6) is 0. The van der Waals surface area contributed by atoms with Crippen molar-refractivity contribution >= 4 is 10.0 Å². The maximum Gasteiger partial charge on any atom is 0.211 e. The molecule has 0 aromatic carbocycles. The number of rotatable bonds is 3. The molecule has 1 saturated heterocycles. The Morgan fingerprint density at radius 1 is 1.20 bits per heavy atom. The lowest BCUT2D eigenvalue weighted by Gasteiger charge is -2.39. The summed E-state index contributed by atoms with van der Waals surface area (Å²) in [4.78, 5) is 2.06. The molecule has 0 amide bonds. The fraction of sp³-hybridized carbons (Fsp3) is 1.00. The Bertz CT molecular complexity index is 302. The van der Waals surface area contributed by atoms with Crippen molar-refractivity contribution in [3.63, 3.8) is 0 Å². The van der Waals surface area contributed by atoms with Crippen molar-refractivity contribution < 1.29 is 13.2 Å². The molecule has 6 heteroatoms. The second kappa shape index (κ2) is 4.78. The Morgan fingerprint density at radius 2 is 1.80 bits per heavy atom. The SMILES string of the molecule is CN(C)C1CCOCC1N(C)S(C)(=O)=O. The molecule has 0 N–H and O–H groups in total. The van der Waals surface area contributed by atoms with Crippen LogP contribution in [-0.4, -0.2) is 70.3 Å². The zero-order valence-corrected chi connectivity index (χ0v) is 10.6. The van der Waals surface area contributed by atoms with Gasteiger partial charge in [-0.25, -0.2) is 8.42 Å². The summed E-state index contributed by atoms with van der Waals surface area (Å²) in [6.45, 7) is 1.18. The smallest absolute Gasteiger partial charge is 0.211 e. The fourth-order valence-corrected chi connectivity index (χ4v) is 2.60. The summed E-state index contributed by atoms with van der Waals surface area (Å²) in [6.07, 6.45) is 2.10. The van der Waals surface area contributed by atoms with Gasteiger partial charge in [0.15, 0.2) is 0 Å². The summed E-state index contributed by atoms with van der Waals surface area (Å²) in [7, 11) is 2.42. The first-order valence-electron chi connectivity index (χ1n) is 5.01. The van der Waals surface area contributed by atoms with Crippen LogP contribution < -0.4 is 0 Å². The van der Waals surface area contributed by atoms with E-state index in [2.05, 4.69) is 4.90 Å². The first-order chi connectivity index (χ1) is 6.84. The van der Waals surface area contributed by atoms with Crippen LogP contribution >= 0.6 is 0 Å². The van der Waals surface area contributed by atoms with E-state index in [1.54, 1.807) is 7.05 Å². The molecule has 90 valence electrons. The van der Waals surface area contributed by atoms with Crippen LogP contribution in [0.5, 0.6) is 0 Å². The van der Waals surface area contributed by atoms with E-state index in [0.717, 1.165) is 6.42 Å². The lowest BCUT2D eigenvalue weighted by Crippen LogP contribution is -2.55. The molecule has 1 aliphatic heterocycles. The monoisotopic (exact) mass is 236 g/mol. The van der Waals surface area contributed by atoms with Crippen LogP contribution in [-0.2, 0) is 14.8 Å². The number of nitrogens with zero attached hydrogens (tertiary/aromatic N) is 2. The highest BCUT2D eigenvalue weighted by Gasteiger charge is 2.34. The average molecular weight is 236 g/mol. The maximum atomic E-state index is 11.5. The van der Waals surface area contributed by atoms with E-state index in [0.29, 0.717) is 13.2 Å². The van der Waals surface area contributed by atoms with Gasteiger partial charge in [-0.1, -0.05) is 0 Å². The summed E-state index contributed by atoms with van der Waals surface area (Å²) >= 11 is 0. The van der Waals surface area contributed by atoms with Gasteiger partial charge >= 0.3 is 0 Å². The van der Waals surface area contributed by atoms with Crippen LogP contribution in [0.1, 0.15) is 6.42 Å². The molecular formula is C9H20N2O3S. The van der Waals surface area contributed by atoms with Gasteiger partial charge in [-0.15, -0.1) is 0 Å². The standard InChI is InChI=1S/C9H20N2O3S/c1-10(2)8-5-6-14-7-9(8)11(3)15(4,12)13/h8-9H,5-7H2,1-4H3. The molecule has 1 heterocycles. The number of ether oxygens (including phenoxy) is 1. The molecule has 15 heavy (non-hydrogen) atoms. The molecule has 0 radical (unpaired) electrons. The number of hydrogen-bond acceptors (Lipinski definition) is 4. The van der Waals surface area contributed by atoms with E-state index in [4.69, 9.17) is 4.74 Å². The minimum absolute atomic E-state index is 0.0799. The van der Waals surface area contributed by atoms with Crippen LogP contribution in [0.4, 0.5) is 0 Å². The molecule has 2 atom stereocenters. The van der Waals surface area contributed by atoms with Gasteiger partial charge in [-0.05, 0) is 20.5 Å². The van der Waals surface area contributed by atoms with Crippen molar-refractivity contribution in [2.45, 2.75) is 18.5 Å². The van der Waals surface area contributed by atoms with Crippen molar-refractivity contribution in [3.8, 4) is 0 Å². The molecule has 0 aromatic heterocycles. The molecular weight excluding hydrogens is 216 g/mol. The van der Waals surface area contributed by atoms with Gasteiger partial charge in [0.05, 0.1) is 18.9 Å². The Kier molecular flexibility index (Phi) is 4.11. The molecule has 1 fully saturated rings. The van der Waals surface area contributed by atoms with E-state index in [-0.39, 0.29) is 12.1 Å². The van der Waals surface area contributed by atoms with Crippen LogP contribution in [0.25, 0.3) is 0 Å². The predicted octanol–water partition coefficient (Wildman–Crippen LogP) is -0.403.